The van der Waals surface area contributed by atoms with Crippen LogP contribution in [0.5, 0.6) is 0 Å². The summed E-state index contributed by atoms with van der Waals surface area (Å²) in [5.74, 6) is 1.82. The Bertz CT molecular complexity index is 201. The third kappa shape index (κ3) is 3.00. The fourth-order valence-corrected chi connectivity index (χ4v) is 2.80. The molecule has 1 heteroatoms. The van der Waals surface area contributed by atoms with Crippen LogP contribution in [0, 0.1) is 17.3 Å². The van der Waals surface area contributed by atoms with E-state index in [1.807, 2.05) is 0 Å². The molecule has 1 rings (SSSR count). The molecule has 0 aromatic heterocycles. The lowest BCUT2D eigenvalue weighted by atomic mass is 9.75. The monoisotopic (exact) mass is 225 g/mol. The number of hydrogen-bond acceptors (Lipinski definition) is 1. The molecule has 0 bridgehead atoms. The number of likely N-dealkylation sites (tertiary alicyclic amines) is 1. The summed E-state index contributed by atoms with van der Waals surface area (Å²) in [7, 11) is 0. The van der Waals surface area contributed by atoms with E-state index >= 15 is 0 Å². The van der Waals surface area contributed by atoms with Gasteiger partial charge in [-0.3, -0.25) is 4.90 Å². The van der Waals surface area contributed by atoms with Crippen LogP contribution in [0.4, 0.5) is 0 Å². The zero-order chi connectivity index (χ0) is 12.3. The smallest absolute Gasteiger partial charge is 0.0146 e. The maximum Gasteiger partial charge on any atom is 0.0146 e. The van der Waals surface area contributed by atoms with Crippen LogP contribution in [0.2, 0.25) is 0 Å². The van der Waals surface area contributed by atoms with Gasteiger partial charge >= 0.3 is 0 Å². The summed E-state index contributed by atoms with van der Waals surface area (Å²) < 4.78 is 0. The van der Waals surface area contributed by atoms with E-state index in [9.17, 15) is 0 Å². The summed E-state index contributed by atoms with van der Waals surface area (Å²) in [4.78, 5) is 2.73. The second kappa shape index (κ2) is 5.53. The first-order valence-electron chi connectivity index (χ1n) is 7.16. The Morgan fingerprint density at radius 3 is 2.12 bits per heavy atom. The van der Waals surface area contributed by atoms with Crippen molar-refractivity contribution in [3.8, 4) is 0 Å². The molecule has 0 aliphatic carbocycles. The van der Waals surface area contributed by atoms with Crippen molar-refractivity contribution in [3.05, 3.63) is 0 Å². The molecule has 16 heavy (non-hydrogen) atoms. The number of rotatable bonds is 6. The van der Waals surface area contributed by atoms with Gasteiger partial charge in [0.05, 0.1) is 0 Å². The fourth-order valence-electron chi connectivity index (χ4n) is 2.80. The Morgan fingerprint density at radius 1 is 1.19 bits per heavy atom. The van der Waals surface area contributed by atoms with E-state index < -0.39 is 0 Å². The van der Waals surface area contributed by atoms with E-state index in [-0.39, 0.29) is 0 Å². The van der Waals surface area contributed by atoms with Crippen LogP contribution in [-0.4, -0.2) is 24.0 Å². The standard InChI is InChI=1S/C15H31N/c1-7-9-14(15(5,6)8-2)16-10-13(11-16)12(3)4/h12-14H,7-11H2,1-6H3. The molecular weight excluding hydrogens is 194 g/mol. The molecule has 1 nitrogen and oxygen atoms in total. The van der Waals surface area contributed by atoms with Gasteiger partial charge in [0.15, 0.2) is 0 Å². The van der Waals surface area contributed by atoms with Gasteiger partial charge < -0.3 is 0 Å². The minimum atomic E-state index is 0.484. The molecule has 1 heterocycles. The van der Waals surface area contributed by atoms with E-state index in [4.69, 9.17) is 0 Å². The van der Waals surface area contributed by atoms with Gasteiger partial charge in [0.1, 0.15) is 0 Å². The van der Waals surface area contributed by atoms with Crippen LogP contribution < -0.4 is 0 Å². The van der Waals surface area contributed by atoms with Crippen LogP contribution in [0.1, 0.15) is 60.8 Å². The Labute approximate surface area is 103 Å². The molecule has 1 atom stereocenters. The first-order valence-corrected chi connectivity index (χ1v) is 7.16. The van der Waals surface area contributed by atoms with Gasteiger partial charge in [-0.2, -0.15) is 0 Å². The summed E-state index contributed by atoms with van der Waals surface area (Å²) in [6.07, 6.45) is 3.98. The van der Waals surface area contributed by atoms with Gasteiger partial charge in [-0.05, 0) is 30.1 Å². The quantitative estimate of drug-likeness (QED) is 0.655. The van der Waals surface area contributed by atoms with Crippen LogP contribution >= 0.6 is 0 Å². The number of hydrogen-bond donors (Lipinski definition) is 0. The Hall–Kier alpha value is -0.0400. The van der Waals surface area contributed by atoms with Gasteiger partial charge in [0.25, 0.3) is 0 Å². The van der Waals surface area contributed by atoms with E-state index in [0.717, 1.165) is 17.9 Å². The number of nitrogens with zero attached hydrogens (tertiary/aromatic N) is 1. The topological polar surface area (TPSA) is 3.24 Å². The van der Waals surface area contributed by atoms with Crippen LogP contribution in [0.15, 0.2) is 0 Å². The minimum Gasteiger partial charge on any atom is -0.299 e. The van der Waals surface area contributed by atoms with Crippen LogP contribution in [0.3, 0.4) is 0 Å². The zero-order valence-electron chi connectivity index (χ0n) is 12.2. The molecule has 96 valence electrons. The van der Waals surface area contributed by atoms with Gasteiger partial charge in [0.2, 0.25) is 0 Å². The predicted octanol–water partition coefficient (Wildman–Crippen LogP) is 4.18. The Kier molecular flexibility index (Phi) is 4.85. The summed E-state index contributed by atoms with van der Waals surface area (Å²) in [6, 6.07) is 0.803. The predicted molar refractivity (Wildman–Crippen MR) is 72.7 cm³/mol. The van der Waals surface area contributed by atoms with Gasteiger partial charge in [-0.15, -0.1) is 0 Å². The minimum absolute atomic E-state index is 0.484. The van der Waals surface area contributed by atoms with E-state index in [2.05, 4.69) is 46.4 Å². The van der Waals surface area contributed by atoms with Crippen LogP contribution in [-0.2, 0) is 0 Å². The van der Waals surface area contributed by atoms with Crippen molar-refractivity contribution in [2.24, 2.45) is 17.3 Å². The van der Waals surface area contributed by atoms with Crippen molar-refractivity contribution in [1.29, 1.82) is 0 Å². The molecule has 1 unspecified atom stereocenters. The average molecular weight is 225 g/mol. The lowest BCUT2D eigenvalue weighted by Crippen LogP contribution is -2.57. The Balaban J connectivity index is 2.54. The van der Waals surface area contributed by atoms with E-state index in [0.29, 0.717) is 5.41 Å². The third-order valence-electron chi connectivity index (χ3n) is 4.70. The van der Waals surface area contributed by atoms with Crippen LogP contribution in [0.25, 0.3) is 0 Å². The summed E-state index contributed by atoms with van der Waals surface area (Å²) >= 11 is 0. The summed E-state index contributed by atoms with van der Waals surface area (Å²) in [5.41, 5.74) is 0.484. The molecule has 0 radical (unpaired) electrons. The fraction of sp³-hybridized carbons (Fsp3) is 1.00. The maximum absolute atomic E-state index is 2.73. The van der Waals surface area contributed by atoms with Gasteiger partial charge in [-0.25, -0.2) is 0 Å². The second-order valence-corrected chi connectivity index (χ2v) is 6.60. The molecule has 1 saturated heterocycles. The molecule has 1 fully saturated rings. The molecule has 0 aromatic rings. The largest absolute Gasteiger partial charge is 0.299 e. The highest BCUT2D eigenvalue weighted by Crippen LogP contribution is 2.37. The molecule has 0 spiro atoms. The van der Waals surface area contributed by atoms with Crippen molar-refractivity contribution in [1.82, 2.24) is 4.90 Å². The Morgan fingerprint density at radius 2 is 1.75 bits per heavy atom. The van der Waals surface area contributed by atoms with Crippen molar-refractivity contribution in [2.45, 2.75) is 66.8 Å². The second-order valence-electron chi connectivity index (χ2n) is 6.60. The van der Waals surface area contributed by atoms with Gasteiger partial charge in [-0.1, -0.05) is 48.0 Å². The highest BCUT2D eigenvalue weighted by molar-refractivity contribution is 4.93. The third-order valence-corrected chi connectivity index (χ3v) is 4.70. The molecule has 0 amide bonds. The molecule has 0 N–H and O–H groups in total. The van der Waals surface area contributed by atoms with E-state index in [1.54, 1.807) is 0 Å². The lowest BCUT2D eigenvalue weighted by Gasteiger charge is -2.51. The summed E-state index contributed by atoms with van der Waals surface area (Å²) in [5, 5.41) is 0. The molecule has 1 aliphatic rings. The van der Waals surface area contributed by atoms with Crippen molar-refractivity contribution < 1.29 is 0 Å². The average Bonchev–Trinajstić information content (AvgIpc) is 2.13. The summed E-state index contributed by atoms with van der Waals surface area (Å²) in [6.45, 7) is 16.9. The molecule has 0 aromatic carbocycles. The highest BCUT2D eigenvalue weighted by atomic mass is 15.2. The maximum atomic E-state index is 2.73. The molecular formula is C15H31N. The first-order chi connectivity index (χ1) is 7.42. The lowest BCUT2D eigenvalue weighted by molar-refractivity contribution is -0.0259. The molecule has 1 aliphatic heterocycles. The SMILES string of the molecule is CCCC(N1CC(C(C)C)C1)C(C)(C)CC. The van der Waals surface area contributed by atoms with Crippen molar-refractivity contribution in [2.75, 3.05) is 13.1 Å². The van der Waals surface area contributed by atoms with Crippen molar-refractivity contribution in [3.63, 3.8) is 0 Å². The van der Waals surface area contributed by atoms with Crippen molar-refractivity contribution >= 4 is 0 Å². The molecule has 0 saturated carbocycles. The van der Waals surface area contributed by atoms with Gasteiger partial charge in [0, 0.05) is 19.1 Å². The van der Waals surface area contributed by atoms with E-state index in [1.165, 1.54) is 32.4 Å². The highest BCUT2D eigenvalue weighted by Gasteiger charge is 2.39. The zero-order valence-corrected chi connectivity index (χ0v) is 12.2. The first kappa shape index (κ1) is 14.0. The normalized spacial score (nSPS) is 21.2.